The van der Waals surface area contributed by atoms with E-state index in [1.165, 1.54) is 51.9 Å². The average Bonchev–Trinajstić information content (AvgIpc) is 2.25. The SMILES string of the molecule is CC1CCNCC1.CN1CCC(C)(C)CC1. The Kier molecular flexibility index (Phi) is 5.77. The van der Waals surface area contributed by atoms with E-state index in [9.17, 15) is 0 Å². The van der Waals surface area contributed by atoms with Gasteiger partial charge in [-0.25, -0.2) is 0 Å². The number of nitrogens with zero attached hydrogens (tertiary/aromatic N) is 1. The molecule has 0 amide bonds. The van der Waals surface area contributed by atoms with E-state index in [1.54, 1.807) is 0 Å². The highest BCUT2D eigenvalue weighted by Gasteiger charge is 2.22. The maximum Gasteiger partial charge on any atom is -0.00167 e. The van der Waals surface area contributed by atoms with Gasteiger partial charge < -0.3 is 10.2 Å². The molecule has 0 aromatic rings. The number of hydrogen-bond acceptors (Lipinski definition) is 2. The van der Waals surface area contributed by atoms with Crippen LogP contribution in [0.25, 0.3) is 0 Å². The molecule has 0 saturated carbocycles. The van der Waals surface area contributed by atoms with E-state index in [-0.39, 0.29) is 0 Å². The monoisotopic (exact) mass is 226 g/mol. The fourth-order valence-electron chi connectivity index (χ4n) is 2.19. The lowest BCUT2D eigenvalue weighted by molar-refractivity contribution is 0.157. The van der Waals surface area contributed by atoms with Gasteiger partial charge in [0.05, 0.1) is 0 Å². The van der Waals surface area contributed by atoms with Crippen LogP contribution in [0.2, 0.25) is 0 Å². The van der Waals surface area contributed by atoms with Crippen LogP contribution in [0.4, 0.5) is 0 Å². The Hall–Kier alpha value is -0.0800. The van der Waals surface area contributed by atoms with Crippen molar-refractivity contribution in [3.8, 4) is 0 Å². The summed E-state index contributed by atoms with van der Waals surface area (Å²) in [4.78, 5) is 2.41. The predicted octanol–water partition coefficient (Wildman–Crippen LogP) is 2.74. The second-order valence-electron chi connectivity index (χ2n) is 6.40. The highest BCUT2D eigenvalue weighted by Crippen LogP contribution is 2.28. The maximum absolute atomic E-state index is 3.32. The first-order valence-corrected chi connectivity index (χ1v) is 6.89. The highest BCUT2D eigenvalue weighted by atomic mass is 15.1. The third-order valence-electron chi connectivity index (χ3n) is 3.97. The Morgan fingerprint density at radius 1 is 1.06 bits per heavy atom. The van der Waals surface area contributed by atoms with E-state index in [1.807, 2.05) is 0 Å². The van der Waals surface area contributed by atoms with Gasteiger partial charge in [0.2, 0.25) is 0 Å². The summed E-state index contributed by atoms with van der Waals surface area (Å²) in [7, 11) is 2.20. The molecule has 2 rings (SSSR count). The van der Waals surface area contributed by atoms with Gasteiger partial charge in [-0.2, -0.15) is 0 Å². The molecule has 2 aliphatic heterocycles. The van der Waals surface area contributed by atoms with Crippen molar-refractivity contribution in [3.05, 3.63) is 0 Å². The molecule has 0 radical (unpaired) electrons. The van der Waals surface area contributed by atoms with E-state index in [0.29, 0.717) is 5.41 Å². The van der Waals surface area contributed by atoms with Crippen LogP contribution < -0.4 is 5.32 Å². The standard InChI is InChI=1S/C8H17N.C6H13N/c1-8(2)4-6-9(3)7-5-8;1-6-2-4-7-5-3-6/h4-7H2,1-3H3;6-7H,2-5H2,1H3. The van der Waals surface area contributed by atoms with Crippen LogP contribution in [0.3, 0.4) is 0 Å². The fraction of sp³-hybridized carbons (Fsp3) is 1.00. The molecule has 2 aliphatic rings. The van der Waals surface area contributed by atoms with Crippen LogP contribution in [0.15, 0.2) is 0 Å². The molecule has 0 aromatic carbocycles. The molecular weight excluding hydrogens is 196 g/mol. The second kappa shape index (κ2) is 6.61. The minimum absolute atomic E-state index is 0.618. The number of likely N-dealkylation sites (tertiary alicyclic amines) is 1. The van der Waals surface area contributed by atoms with Crippen LogP contribution in [-0.4, -0.2) is 38.1 Å². The molecule has 16 heavy (non-hydrogen) atoms. The summed E-state index contributed by atoms with van der Waals surface area (Å²) in [5, 5.41) is 3.32. The molecule has 0 aliphatic carbocycles. The van der Waals surface area contributed by atoms with E-state index < -0.39 is 0 Å². The molecule has 0 atom stereocenters. The van der Waals surface area contributed by atoms with Crippen LogP contribution >= 0.6 is 0 Å². The largest absolute Gasteiger partial charge is 0.317 e. The Morgan fingerprint density at radius 2 is 1.56 bits per heavy atom. The van der Waals surface area contributed by atoms with Gasteiger partial charge >= 0.3 is 0 Å². The van der Waals surface area contributed by atoms with E-state index in [2.05, 4.69) is 38.0 Å². The van der Waals surface area contributed by atoms with Crippen LogP contribution in [0.5, 0.6) is 0 Å². The molecule has 0 spiro atoms. The van der Waals surface area contributed by atoms with Crippen molar-refractivity contribution >= 4 is 0 Å². The van der Waals surface area contributed by atoms with Crippen molar-refractivity contribution in [2.75, 3.05) is 33.2 Å². The lowest BCUT2D eigenvalue weighted by Gasteiger charge is -2.34. The summed E-state index contributed by atoms with van der Waals surface area (Å²) in [5.74, 6) is 0.973. The summed E-state index contributed by atoms with van der Waals surface area (Å²) >= 11 is 0. The summed E-state index contributed by atoms with van der Waals surface area (Å²) < 4.78 is 0. The summed E-state index contributed by atoms with van der Waals surface area (Å²) in [6.45, 7) is 12.1. The molecule has 2 heterocycles. The Labute approximate surface area is 102 Å². The Balaban J connectivity index is 0.000000165. The summed E-state index contributed by atoms with van der Waals surface area (Å²) in [6, 6.07) is 0. The van der Waals surface area contributed by atoms with Gasteiger partial charge in [-0.05, 0) is 70.2 Å². The molecule has 2 heteroatoms. The summed E-state index contributed by atoms with van der Waals surface area (Å²) in [5.41, 5.74) is 0.618. The number of hydrogen-bond donors (Lipinski definition) is 1. The minimum atomic E-state index is 0.618. The lowest BCUT2D eigenvalue weighted by atomic mass is 9.83. The topological polar surface area (TPSA) is 15.3 Å². The Bertz CT molecular complexity index is 173. The molecule has 0 aromatic heterocycles. The van der Waals surface area contributed by atoms with Crippen molar-refractivity contribution in [1.82, 2.24) is 10.2 Å². The van der Waals surface area contributed by atoms with Crippen molar-refractivity contribution in [2.24, 2.45) is 11.3 Å². The fourth-order valence-corrected chi connectivity index (χ4v) is 2.19. The molecule has 2 fully saturated rings. The van der Waals surface area contributed by atoms with Gasteiger partial charge in [-0.1, -0.05) is 20.8 Å². The van der Waals surface area contributed by atoms with E-state index in [0.717, 1.165) is 5.92 Å². The lowest BCUT2D eigenvalue weighted by Crippen LogP contribution is -2.34. The third-order valence-corrected chi connectivity index (χ3v) is 3.97. The van der Waals surface area contributed by atoms with E-state index >= 15 is 0 Å². The van der Waals surface area contributed by atoms with Gasteiger partial charge in [0.1, 0.15) is 0 Å². The van der Waals surface area contributed by atoms with Crippen molar-refractivity contribution < 1.29 is 0 Å². The van der Waals surface area contributed by atoms with Gasteiger partial charge in [0.15, 0.2) is 0 Å². The molecular formula is C14H30N2. The van der Waals surface area contributed by atoms with Crippen LogP contribution in [-0.2, 0) is 0 Å². The first-order chi connectivity index (χ1) is 7.49. The van der Waals surface area contributed by atoms with E-state index in [4.69, 9.17) is 0 Å². The predicted molar refractivity (Wildman–Crippen MR) is 71.8 cm³/mol. The number of piperidine rings is 2. The second-order valence-corrected chi connectivity index (χ2v) is 6.40. The van der Waals surface area contributed by atoms with Crippen LogP contribution in [0.1, 0.15) is 46.5 Å². The smallest absolute Gasteiger partial charge is 0.00167 e. The normalized spacial score (nSPS) is 27.0. The molecule has 2 saturated heterocycles. The number of rotatable bonds is 0. The molecule has 96 valence electrons. The van der Waals surface area contributed by atoms with Crippen LogP contribution in [0, 0.1) is 11.3 Å². The zero-order valence-electron chi connectivity index (χ0n) is 11.7. The van der Waals surface area contributed by atoms with Crippen molar-refractivity contribution in [3.63, 3.8) is 0 Å². The van der Waals surface area contributed by atoms with Gasteiger partial charge in [-0.15, -0.1) is 0 Å². The highest BCUT2D eigenvalue weighted by molar-refractivity contribution is 4.76. The quantitative estimate of drug-likeness (QED) is 0.683. The zero-order chi connectivity index (χ0) is 12.0. The number of nitrogens with one attached hydrogen (secondary N) is 1. The van der Waals surface area contributed by atoms with Gasteiger partial charge in [-0.3, -0.25) is 0 Å². The molecule has 2 nitrogen and oxygen atoms in total. The molecule has 0 bridgehead atoms. The average molecular weight is 226 g/mol. The first kappa shape index (κ1) is 14.0. The summed E-state index contributed by atoms with van der Waals surface area (Å²) in [6.07, 6.45) is 5.48. The molecule has 1 N–H and O–H groups in total. The third kappa shape index (κ3) is 5.86. The Morgan fingerprint density at radius 3 is 1.88 bits per heavy atom. The van der Waals surface area contributed by atoms with Gasteiger partial charge in [0, 0.05) is 0 Å². The minimum Gasteiger partial charge on any atom is -0.317 e. The molecule has 0 unspecified atom stereocenters. The zero-order valence-corrected chi connectivity index (χ0v) is 11.7. The van der Waals surface area contributed by atoms with Crippen molar-refractivity contribution in [2.45, 2.75) is 46.5 Å². The van der Waals surface area contributed by atoms with Gasteiger partial charge in [0.25, 0.3) is 0 Å². The van der Waals surface area contributed by atoms with Crippen molar-refractivity contribution in [1.29, 1.82) is 0 Å². The first-order valence-electron chi connectivity index (χ1n) is 6.89. The maximum atomic E-state index is 3.32.